The van der Waals surface area contributed by atoms with Gasteiger partial charge in [-0.25, -0.2) is 4.98 Å². The molecule has 140 valence electrons. The summed E-state index contributed by atoms with van der Waals surface area (Å²) in [4.78, 5) is 19.5. The maximum Gasteiger partial charge on any atom is 0.251 e. The van der Waals surface area contributed by atoms with Crippen LogP contribution in [0, 0.1) is 0 Å². The zero-order chi connectivity index (χ0) is 18.6. The second kappa shape index (κ2) is 7.92. The van der Waals surface area contributed by atoms with Crippen LogP contribution in [0.2, 0.25) is 0 Å². The van der Waals surface area contributed by atoms with E-state index in [0.717, 1.165) is 30.6 Å². The van der Waals surface area contributed by atoms with E-state index in [1.54, 1.807) is 6.07 Å². The van der Waals surface area contributed by atoms with Gasteiger partial charge in [0.05, 0.1) is 0 Å². The molecular formula is C22H25N3O2. The summed E-state index contributed by atoms with van der Waals surface area (Å²) in [6.07, 6.45) is 3.01. The molecule has 3 aromatic rings. The topological polar surface area (TPSA) is 58.4 Å². The molecule has 5 nitrogen and oxygen atoms in total. The van der Waals surface area contributed by atoms with E-state index < -0.39 is 0 Å². The van der Waals surface area contributed by atoms with Crippen molar-refractivity contribution in [3.05, 3.63) is 65.5 Å². The van der Waals surface area contributed by atoms with Crippen molar-refractivity contribution >= 4 is 17.0 Å². The van der Waals surface area contributed by atoms with Crippen molar-refractivity contribution in [3.63, 3.8) is 0 Å². The number of likely N-dealkylation sites (N-methyl/N-ethyl adjacent to an activating group) is 1. The van der Waals surface area contributed by atoms with Gasteiger partial charge in [-0.05, 0) is 49.7 Å². The summed E-state index contributed by atoms with van der Waals surface area (Å²) < 4.78 is 5.88. The number of fused-ring (bicyclic) bond motifs is 1. The lowest BCUT2D eigenvalue weighted by atomic mass is 10.1. The second-order valence-corrected chi connectivity index (χ2v) is 7.09. The van der Waals surface area contributed by atoms with Gasteiger partial charge in [-0.1, -0.05) is 37.3 Å². The Labute approximate surface area is 159 Å². The van der Waals surface area contributed by atoms with E-state index >= 15 is 0 Å². The van der Waals surface area contributed by atoms with Crippen molar-refractivity contribution in [1.82, 2.24) is 15.2 Å². The summed E-state index contributed by atoms with van der Waals surface area (Å²) in [5.74, 6) is 0.610. The van der Waals surface area contributed by atoms with Gasteiger partial charge in [0.25, 0.3) is 5.91 Å². The van der Waals surface area contributed by atoms with E-state index in [0.29, 0.717) is 36.0 Å². The van der Waals surface area contributed by atoms with Crippen molar-refractivity contribution in [3.8, 4) is 0 Å². The molecule has 27 heavy (non-hydrogen) atoms. The number of rotatable bonds is 6. The molecule has 0 spiro atoms. The number of benzene rings is 2. The molecule has 2 heterocycles. The second-order valence-electron chi connectivity index (χ2n) is 7.09. The van der Waals surface area contributed by atoms with Crippen LogP contribution in [0.4, 0.5) is 0 Å². The van der Waals surface area contributed by atoms with E-state index in [1.807, 2.05) is 30.3 Å². The summed E-state index contributed by atoms with van der Waals surface area (Å²) >= 11 is 0. The summed E-state index contributed by atoms with van der Waals surface area (Å²) in [5.41, 5.74) is 3.21. The maximum absolute atomic E-state index is 12.5. The lowest BCUT2D eigenvalue weighted by Gasteiger charge is -2.22. The van der Waals surface area contributed by atoms with E-state index in [-0.39, 0.29) is 5.91 Å². The van der Waals surface area contributed by atoms with Gasteiger partial charge in [-0.15, -0.1) is 0 Å². The predicted octanol–water partition coefficient (Wildman–Crippen LogP) is 3.63. The Morgan fingerprint density at radius 1 is 1.26 bits per heavy atom. The van der Waals surface area contributed by atoms with Gasteiger partial charge >= 0.3 is 0 Å². The zero-order valence-electron chi connectivity index (χ0n) is 15.6. The van der Waals surface area contributed by atoms with Crippen LogP contribution in [0.15, 0.2) is 52.9 Å². The summed E-state index contributed by atoms with van der Waals surface area (Å²) in [7, 11) is 0. The van der Waals surface area contributed by atoms with Gasteiger partial charge in [0.15, 0.2) is 11.5 Å². The van der Waals surface area contributed by atoms with Crippen molar-refractivity contribution in [2.45, 2.75) is 32.2 Å². The Morgan fingerprint density at radius 2 is 2.11 bits per heavy atom. The summed E-state index contributed by atoms with van der Waals surface area (Å²) in [6.45, 7) is 5.03. The molecule has 0 unspecified atom stereocenters. The number of hydrogen-bond donors (Lipinski definition) is 1. The minimum atomic E-state index is -0.0548. The van der Waals surface area contributed by atoms with E-state index in [2.05, 4.69) is 34.3 Å². The Kier molecular flexibility index (Phi) is 5.21. The first-order chi connectivity index (χ1) is 13.2. The Balaban J connectivity index is 1.44. The average molecular weight is 363 g/mol. The van der Waals surface area contributed by atoms with Gasteiger partial charge in [0.1, 0.15) is 5.52 Å². The fraction of sp³-hybridized carbons (Fsp3) is 0.364. The highest BCUT2D eigenvalue weighted by atomic mass is 16.3. The number of oxazole rings is 1. The van der Waals surface area contributed by atoms with Crippen molar-refractivity contribution in [2.24, 2.45) is 0 Å². The summed E-state index contributed by atoms with van der Waals surface area (Å²) in [5, 5.41) is 3.07. The zero-order valence-corrected chi connectivity index (χ0v) is 15.6. The van der Waals surface area contributed by atoms with Crippen molar-refractivity contribution in [1.29, 1.82) is 0 Å². The van der Waals surface area contributed by atoms with Crippen LogP contribution in [0.1, 0.15) is 41.6 Å². The molecule has 1 amide bonds. The van der Waals surface area contributed by atoms with Gasteiger partial charge in [0, 0.05) is 24.6 Å². The molecule has 1 aromatic heterocycles. The standard InChI is InChI=1S/C22H25N3O2/c1-2-25-12-6-9-18(25)15-23-22(26)17-10-11-19-20(14-17)27-21(24-19)13-16-7-4-3-5-8-16/h3-5,7-8,10-11,14,18H,2,6,9,12-13,15H2,1H3,(H,23,26)/t18-/m0/s1. The third-order valence-electron chi connectivity index (χ3n) is 5.30. The SMILES string of the molecule is CCN1CCC[C@H]1CNC(=O)c1ccc2nc(Cc3ccccc3)oc2c1. The van der Waals surface area contributed by atoms with Gasteiger partial charge < -0.3 is 9.73 Å². The third kappa shape index (κ3) is 4.03. The average Bonchev–Trinajstić information content (AvgIpc) is 3.31. The van der Waals surface area contributed by atoms with Crippen molar-refractivity contribution in [2.75, 3.05) is 19.6 Å². The molecule has 4 rings (SSSR count). The van der Waals surface area contributed by atoms with Gasteiger partial charge in [-0.3, -0.25) is 9.69 Å². The Bertz CT molecular complexity index is 920. The molecule has 5 heteroatoms. The molecule has 1 N–H and O–H groups in total. The number of likely N-dealkylation sites (tertiary alicyclic amines) is 1. The number of hydrogen-bond acceptors (Lipinski definition) is 4. The normalized spacial score (nSPS) is 17.4. The number of carbonyl (C=O) groups excluding carboxylic acids is 1. The molecule has 1 aliphatic heterocycles. The highest BCUT2D eigenvalue weighted by Gasteiger charge is 2.23. The first kappa shape index (κ1) is 17.7. The van der Waals surface area contributed by atoms with Crippen LogP contribution in [0.25, 0.3) is 11.1 Å². The van der Waals surface area contributed by atoms with Crippen LogP contribution in [0.3, 0.4) is 0 Å². The van der Waals surface area contributed by atoms with Crippen molar-refractivity contribution < 1.29 is 9.21 Å². The molecule has 0 aliphatic carbocycles. The Hall–Kier alpha value is -2.66. The van der Waals surface area contributed by atoms with Crippen LogP contribution in [-0.4, -0.2) is 41.5 Å². The third-order valence-corrected chi connectivity index (χ3v) is 5.30. The number of amides is 1. The molecule has 1 atom stereocenters. The molecule has 1 fully saturated rings. The smallest absolute Gasteiger partial charge is 0.251 e. The molecule has 0 bridgehead atoms. The minimum Gasteiger partial charge on any atom is -0.440 e. The number of nitrogens with zero attached hydrogens (tertiary/aromatic N) is 2. The maximum atomic E-state index is 12.5. The van der Waals surface area contributed by atoms with E-state index in [1.165, 1.54) is 6.42 Å². The summed E-state index contributed by atoms with van der Waals surface area (Å²) in [6, 6.07) is 16.0. The molecule has 0 saturated carbocycles. The largest absolute Gasteiger partial charge is 0.440 e. The van der Waals surface area contributed by atoms with Crippen LogP contribution in [0.5, 0.6) is 0 Å². The van der Waals surface area contributed by atoms with Crippen LogP contribution < -0.4 is 5.32 Å². The number of carbonyl (C=O) groups is 1. The lowest BCUT2D eigenvalue weighted by molar-refractivity contribution is 0.0941. The number of nitrogens with one attached hydrogen (secondary N) is 1. The number of aromatic nitrogens is 1. The van der Waals surface area contributed by atoms with E-state index in [4.69, 9.17) is 4.42 Å². The highest BCUT2D eigenvalue weighted by molar-refractivity contribution is 5.97. The lowest BCUT2D eigenvalue weighted by Crippen LogP contribution is -2.40. The fourth-order valence-corrected chi connectivity index (χ4v) is 3.81. The monoisotopic (exact) mass is 363 g/mol. The minimum absolute atomic E-state index is 0.0548. The highest BCUT2D eigenvalue weighted by Crippen LogP contribution is 2.20. The van der Waals surface area contributed by atoms with Crippen LogP contribution >= 0.6 is 0 Å². The molecular weight excluding hydrogens is 338 g/mol. The first-order valence-electron chi connectivity index (χ1n) is 9.68. The molecule has 0 radical (unpaired) electrons. The van der Waals surface area contributed by atoms with Gasteiger partial charge in [-0.2, -0.15) is 0 Å². The van der Waals surface area contributed by atoms with Gasteiger partial charge in [0.2, 0.25) is 0 Å². The first-order valence-corrected chi connectivity index (χ1v) is 9.68. The van der Waals surface area contributed by atoms with Crippen LogP contribution in [-0.2, 0) is 6.42 Å². The predicted molar refractivity (Wildman–Crippen MR) is 106 cm³/mol. The molecule has 1 aliphatic rings. The Morgan fingerprint density at radius 3 is 2.93 bits per heavy atom. The van der Waals surface area contributed by atoms with E-state index in [9.17, 15) is 4.79 Å². The quantitative estimate of drug-likeness (QED) is 0.726. The fourth-order valence-electron chi connectivity index (χ4n) is 3.81. The molecule has 2 aromatic carbocycles. The molecule has 1 saturated heterocycles.